The fourth-order valence-corrected chi connectivity index (χ4v) is 3.17. The van der Waals surface area contributed by atoms with Crippen molar-refractivity contribution in [2.75, 3.05) is 6.54 Å². The molecule has 0 bridgehead atoms. The summed E-state index contributed by atoms with van der Waals surface area (Å²) < 4.78 is 0. The maximum Gasteiger partial charge on any atom is 0.321 e. The third-order valence-corrected chi connectivity index (χ3v) is 4.23. The molecule has 1 heterocycles. The summed E-state index contributed by atoms with van der Waals surface area (Å²) in [5.74, 6) is -1.22. The van der Waals surface area contributed by atoms with Crippen LogP contribution >= 0.6 is 0 Å². The summed E-state index contributed by atoms with van der Waals surface area (Å²) in [5, 5.41) is 9.54. The van der Waals surface area contributed by atoms with Gasteiger partial charge in [-0.05, 0) is 42.5 Å². The number of nitrogens with two attached hydrogens (primary N) is 1. The van der Waals surface area contributed by atoms with Crippen molar-refractivity contribution < 1.29 is 14.7 Å². The van der Waals surface area contributed by atoms with Crippen molar-refractivity contribution in [3.63, 3.8) is 0 Å². The van der Waals surface area contributed by atoms with Gasteiger partial charge in [0.15, 0.2) is 0 Å². The summed E-state index contributed by atoms with van der Waals surface area (Å²) in [6.45, 7) is 5.36. The Kier molecular flexibility index (Phi) is 4.32. The third kappa shape index (κ3) is 3.42. The molecule has 0 spiro atoms. The number of hydrogen-bond acceptors (Lipinski definition) is 3. The molecule has 5 heteroatoms. The minimum atomic E-state index is -0.770. The molecule has 21 heavy (non-hydrogen) atoms. The average Bonchev–Trinajstić information content (AvgIpc) is 2.37. The zero-order chi connectivity index (χ0) is 15.6. The van der Waals surface area contributed by atoms with Gasteiger partial charge in [-0.2, -0.15) is 0 Å². The van der Waals surface area contributed by atoms with Gasteiger partial charge in [0, 0.05) is 12.1 Å². The first kappa shape index (κ1) is 15.5. The SMILES string of the molecule is CC1(C)CCCN(Cc2ccc(C(N)=O)cc2)C1C(=O)O. The second kappa shape index (κ2) is 5.85. The van der Waals surface area contributed by atoms with Crippen molar-refractivity contribution in [1.29, 1.82) is 0 Å². The van der Waals surface area contributed by atoms with Gasteiger partial charge in [-0.15, -0.1) is 0 Å². The van der Waals surface area contributed by atoms with Crippen molar-refractivity contribution in [3.8, 4) is 0 Å². The molecule has 1 atom stereocenters. The number of piperidine rings is 1. The maximum atomic E-state index is 11.6. The molecule has 1 unspecified atom stereocenters. The number of benzene rings is 1. The van der Waals surface area contributed by atoms with Crippen LogP contribution in [0.2, 0.25) is 0 Å². The quantitative estimate of drug-likeness (QED) is 0.886. The van der Waals surface area contributed by atoms with Gasteiger partial charge in [0.05, 0.1) is 0 Å². The van der Waals surface area contributed by atoms with Crippen LogP contribution in [0.4, 0.5) is 0 Å². The van der Waals surface area contributed by atoms with Crippen molar-refractivity contribution in [2.24, 2.45) is 11.1 Å². The molecule has 0 aliphatic carbocycles. The fourth-order valence-electron chi connectivity index (χ4n) is 3.17. The number of nitrogens with zero attached hydrogens (tertiary/aromatic N) is 1. The Morgan fingerprint density at radius 2 is 1.95 bits per heavy atom. The summed E-state index contributed by atoms with van der Waals surface area (Å²) in [6.07, 6.45) is 1.91. The highest BCUT2D eigenvalue weighted by molar-refractivity contribution is 5.92. The summed E-state index contributed by atoms with van der Waals surface area (Å²) >= 11 is 0. The third-order valence-electron chi connectivity index (χ3n) is 4.23. The van der Waals surface area contributed by atoms with E-state index in [4.69, 9.17) is 5.73 Å². The maximum absolute atomic E-state index is 11.6. The smallest absolute Gasteiger partial charge is 0.321 e. The highest BCUT2D eigenvalue weighted by atomic mass is 16.4. The van der Waals surface area contributed by atoms with Gasteiger partial charge < -0.3 is 10.8 Å². The van der Waals surface area contributed by atoms with E-state index in [0.717, 1.165) is 24.9 Å². The van der Waals surface area contributed by atoms with Gasteiger partial charge in [0.2, 0.25) is 5.91 Å². The monoisotopic (exact) mass is 290 g/mol. The van der Waals surface area contributed by atoms with E-state index in [1.807, 2.05) is 30.9 Å². The van der Waals surface area contributed by atoms with E-state index < -0.39 is 17.9 Å². The Labute approximate surface area is 124 Å². The zero-order valence-electron chi connectivity index (χ0n) is 12.5. The summed E-state index contributed by atoms with van der Waals surface area (Å²) in [6, 6.07) is 6.55. The number of primary amides is 1. The van der Waals surface area contributed by atoms with Crippen molar-refractivity contribution >= 4 is 11.9 Å². The summed E-state index contributed by atoms with van der Waals surface area (Å²) in [7, 11) is 0. The number of carboxylic acid groups (broad SMARTS) is 1. The number of carbonyl (C=O) groups is 2. The molecule has 114 valence electrons. The lowest BCUT2D eigenvalue weighted by atomic mass is 9.76. The first-order chi connectivity index (χ1) is 9.81. The molecule has 3 N–H and O–H groups in total. The van der Waals surface area contributed by atoms with Gasteiger partial charge in [-0.1, -0.05) is 26.0 Å². The van der Waals surface area contributed by atoms with E-state index in [2.05, 4.69) is 0 Å². The molecule has 1 aromatic rings. The lowest BCUT2D eigenvalue weighted by Crippen LogP contribution is -2.53. The van der Waals surface area contributed by atoms with Gasteiger partial charge >= 0.3 is 5.97 Å². The van der Waals surface area contributed by atoms with Gasteiger partial charge in [0.1, 0.15) is 6.04 Å². The van der Waals surface area contributed by atoms with Crippen molar-refractivity contribution in [2.45, 2.75) is 39.3 Å². The first-order valence-corrected chi connectivity index (χ1v) is 7.17. The second-order valence-corrected chi connectivity index (χ2v) is 6.36. The standard InChI is InChI=1S/C16H22N2O3/c1-16(2)8-3-9-18(13(16)15(20)21)10-11-4-6-12(7-5-11)14(17)19/h4-7,13H,3,8-10H2,1-2H3,(H2,17,19)(H,20,21). The summed E-state index contributed by atoms with van der Waals surface area (Å²) in [5.41, 5.74) is 6.43. The molecule has 1 aliphatic heterocycles. The van der Waals surface area contributed by atoms with E-state index in [-0.39, 0.29) is 5.41 Å². The normalized spacial score (nSPS) is 21.9. The van der Waals surface area contributed by atoms with Gasteiger partial charge in [-0.25, -0.2) is 0 Å². The molecule has 5 nitrogen and oxygen atoms in total. The van der Waals surface area contributed by atoms with Crippen LogP contribution in [0.3, 0.4) is 0 Å². The minimum absolute atomic E-state index is 0.239. The highest BCUT2D eigenvalue weighted by Gasteiger charge is 2.42. The number of likely N-dealkylation sites (tertiary alicyclic amines) is 1. The van der Waals surface area contributed by atoms with Crippen molar-refractivity contribution in [1.82, 2.24) is 4.90 Å². The Hall–Kier alpha value is -1.88. The lowest BCUT2D eigenvalue weighted by molar-refractivity contribution is -0.151. The fraction of sp³-hybridized carbons (Fsp3) is 0.500. The van der Waals surface area contributed by atoms with E-state index in [1.165, 1.54) is 0 Å². The number of carbonyl (C=O) groups excluding carboxylic acids is 1. The van der Waals surface area contributed by atoms with E-state index in [0.29, 0.717) is 12.1 Å². The first-order valence-electron chi connectivity index (χ1n) is 7.17. The van der Waals surface area contributed by atoms with E-state index in [9.17, 15) is 14.7 Å². The molecule has 1 aromatic carbocycles. The summed E-state index contributed by atoms with van der Waals surface area (Å²) in [4.78, 5) is 24.7. The largest absolute Gasteiger partial charge is 0.480 e. The van der Waals surface area contributed by atoms with Crippen LogP contribution in [0, 0.1) is 5.41 Å². The van der Waals surface area contributed by atoms with Crippen LogP contribution in [-0.4, -0.2) is 34.5 Å². The number of amides is 1. The average molecular weight is 290 g/mol. The zero-order valence-corrected chi connectivity index (χ0v) is 12.5. The molecule has 0 saturated carbocycles. The topological polar surface area (TPSA) is 83.6 Å². The van der Waals surface area contributed by atoms with Crippen molar-refractivity contribution in [3.05, 3.63) is 35.4 Å². The molecule has 1 fully saturated rings. The van der Waals surface area contributed by atoms with Crippen LogP contribution in [0.25, 0.3) is 0 Å². The molecule has 1 aliphatic rings. The van der Waals surface area contributed by atoms with Gasteiger partial charge in [-0.3, -0.25) is 14.5 Å². The number of hydrogen-bond donors (Lipinski definition) is 2. The van der Waals surface area contributed by atoms with Crippen LogP contribution < -0.4 is 5.73 Å². The Balaban J connectivity index is 2.16. The second-order valence-electron chi connectivity index (χ2n) is 6.36. The Morgan fingerprint density at radius 1 is 1.33 bits per heavy atom. The number of carboxylic acids is 1. The van der Waals surface area contributed by atoms with Crippen LogP contribution in [0.5, 0.6) is 0 Å². The van der Waals surface area contributed by atoms with E-state index in [1.54, 1.807) is 12.1 Å². The predicted molar refractivity (Wildman–Crippen MR) is 79.8 cm³/mol. The lowest BCUT2D eigenvalue weighted by Gasteiger charge is -2.44. The van der Waals surface area contributed by atoms with E-state index >= 15 is 0 Å². The van der Waals surface area contributed by atoms with Crippen LogP contribution in [0.1, 0.15) is 42.6 Å². The minimum Gasteiger partial charge on any atom is -0.480 e. The van der Waals surface area contributed by atoms with Crippen LogP contribution in [0.15, 0.2) is 24.3 Å². The molecule has 2 rings (SSSR count). The highest BCUT2D eigenvalue weighted by Crippen LogP contribution is 2.36. The molecule has 0 aromatic heterocycles. The molecule has 1 saturated heterocycles. The molecule has 0 radical (unpaired) electrons. The number of rotatable bonds is 4. The Morgan fingerprint density at radius 3 is 2.48 bits per heavy atom. The van der Waals surface area contributed by atoms with Crippen LogP contribution in [-0.2, 0) is 11.3 Å². The van der Waals surface area contributed by atoms with Gasteiger partial charge in [0.25, 0.3) is 0 Å². The molecular formula is C16H22N2O3. The Bertz CT molecular complexity index is 537. The molecular weight excluding hydrogens is 268 g/mol. The predicted octanol–water partition coefficient (Wildman–Crippen LogP) is 1.86. The molecule has 1 amide bonds. The number of aliphatic carboxylic acids is 1.